The Labute approximate surface area is 171 Å². The Bertz CT molecular complexity index is 941. The van der Waals surface area contributed by atoms with Gasteiger partial charge in [0.25, 0.3) is 5.91 Å². The second-order valence-electron chi connectivity index (χ2n) is 6.72. The van der Waals surface area contributed by atoms with Crippen LogP contribution in [0.15, 0.2) is 30.5 Å². The number of benzene rings is 1. The SMILES string of the molecule is Cc1cc(Cl)c(C2C(=O)CC(CCNC(=O)c3ncccc3F)C2=O)c(Cl)c1. The van der Waals surface area contributed by atoms with E-state index in [1.807, 2.05) is 6.92 Å². The lowest BCUT2D eigenvalue weighted by molar-refractivity contribution is -0.124. The number of ketones is 2. The van der Waals surface area contributed by atoms with Crippen molar-refractivity contribution in [2.24, 2.45) is 5.92 Å². The Hall–Kier alpha value is -2.31. The Morgan fingerprint density at radius 2 is 1.96 bits per heavy atom. The summed E-state index contributed by atoms with van der Waals surface area (Å²) in [4.78, 5) is 40.9. The van der Waals surface area contributed by atoms with Gasteiger partial charge in [-0.1, -0.05) is 23.2 Å². The number of aryl methyl sites for hydroxylation is 1. The van der Waals surface area contributed by atoms with E-state index in [1.165, 1.54) is 12.3 Å². The minimum Gasteiger partial charge on any atom is -0.351 e. The zero-order valence-corrected chi connectivity index (χ0v) is 16.5. The largest absolute Gasteiger partial charge is 0.351 e. The highest BCUT2D eigenvalue weighted by atomic mass is 35.5. The molecule has 0 saturated heterocycles. The monoisotopic (exact) mass is 422 g/mol. The number of nitrogens with zero attached hydrogens (tertiary/aromatic N) is 1. The van der Waals surface area contributed by atoms with E-state index in [0.29, 0.717) is 5.56 Å². The third-order valence-corrected chi connectivity index (χ3v) is 5.35. The average molecular weight is 423 g/mol. The predicted octanol–water partition coefficient (Wildman–Crippen LogP) is 3.90. The van der Waals surface area contributed by atoms with Crippen LogP contribution in [0.4, 0.5) is 4.39 Å². The Morgan fingerprint density at radius 1 is 1.29 bits per heavy atom. The van der Waals surface area contributed by atoms with E-state index in [-0.39, 0.29) is 46.7 Å². The van der Waals surface area contributed by atoms with Gasteiger partial charge < -0.3 is 5.32 Å². The Morgan fingerprint density at radius 3 is 2.61 bits per heavy atom. The lowest BCUT2D eigenvalue weighted by Gasteiger charge is -2.14. The molecule has 1 amide bonds. The van der Waals surface area contributed by atoms with Gasteiger partial charge in [0, 0.05) is 40.7 Å². The number of amides is 1. The van der Waals surface area contributed by atoms with Crippen molar-refractivity contribution in [2.45, 2.75) is 25.7 Å². The molecule has 0 spiro atoms. The average Bonchev–Trinajstić information content (AvgIpc) is 2.89. The van der Waals surface area contributed by atoms with Gasteiger partial charge in [0.05, 0.1) is 0 Å². The molecule has 146 valence electrons. The number of pyridine rings is 1. The van der Waals surface area contributed by atoms with E-state index in [9.17, 15) is 18.8 Å². The summed E-state index contributed by atoms with van der Waals surface area (Å²) < 4.78 is 13.6. The van der Waals surface area contributed by atoms with Crippen LogP contribution < -0.4 is 5.32 Å². The van der Waals surface area contributed by atoms with Crippen molar-refractivity contribution < 1.29 is 18.8 Å². The molecule has 1 aromatic heterocycles. The zero-order chi connectivity index (χ0) is 20.4. The maximum absolute atomic E-state index is 13.6. The standard InChI is InChI=1S/C20H17Cl2FN2O3/c1-10-7-12(21)16(13(22)8-10)17-15(26)9-11(19(17)27)4-6-25-20(28)18-14(23)3-2-5-24-18/h2-3,5,7-8,11,17H,4,6,9H2,1H3,(H,25,28). The van der Waals surface area contributed by atoms with Crippen molar-refractivity contribution in [3.05, 3.63) is 63.1 Å². The van der Waals surface area contributed by atoms with Crippen LogP contribution in [0.25, 0.3) is 0 Å². The molecule has 0 aliphatic heterocycles. The first kappa shape index (κ1) is 20.4. The molecule has 28 heavy (non-hydrogen) atoms. The molecule has 0 bridgehead atoms. The first-order valence-electron chi connectivity index (χ1n) is 8.70. The fourth-order valence-corrected chi connectivity index (χ4v) is 4.20. The van der Waals surface area contributed by atoms with Crippen molar-refractivity contribution in [1.29, 1.82) is 0 Å². The third-order valence-electron chi connectivity index (χ3n) is 4.72. The number of nitrogens with one attached hydrogen (secondary N) is 1. The summed E-state index contributed by atoms with van der Waals surface area (Å²) in [6.07, 6.45) is 1.62. The molecule has 1 aliphatic carbocycles. The van der Waals surface area contributed by atoms with Gasteiger partial charge in [0.1, 0.15) is 11.7 Å². The zero-order valence-electron chi connectivity index (χ0n) is 15.0. The molecule has 1 aliphatic rings. The molecule has 3 rings (SSSR count). The van der Waals surface area contributed by atoms with Crippen LogP contribution >= 0.6 is 23.2 Å². The molecular weight excluding hydrogens is 406 g/mol. The molecule has 2 aromatic rings. The third kappa shape index (κ3) is 4.08. The number of Topliss-reactive ketones (excluding diaryl/α,β-unsaturated/α-hetero) is 2. The second-order valence-corrected chi connectivity index (χ2v) is 7.54. The van der Waals surface area contributed by atoms with Crippen LogP contribution in [0.1, 0.15) is 40.4 Å². The molecule has 2 atom stereocenters. The van der Waals surface area contributed by atoms with Crippen LogP contribution in [0, 0.1) is 18.7 Å². The van der Waals surface area contributed by atoms with Crippen molar-refractivity contribution in [1.82, 2.24) is 10.3 Å². The van der Waals surface area contributed by atoms with Gasteiger partial charge >= 0.3 is 0 Å². The molecule has 1 saturated carbocycles. The van der Waals surface area contributed by atoms with Gasteiger partial charge in [-0.25, -0.2) is 9.37 Å². The number of hydrogen-bond donors (Lipinski definition) is 1. The van der Waals surface area contributed by atoms with E-state index >= 15 is 0 Å². The number of carbonyl (C=O) groups excluding carboxylic acids is 3. The maximum atomic E-state index is 13.6. The topological polar surface area (TPSA) is 76.1 Å². The number of halogens is 3. The second kappa shape index (κ2) is 8.37. The highest BCUT2D eigenvalue weighted by molar-refractivity contribution is 6.37. The maximum Gasteiger partial charge on any atom is 0.272 e. The number of rotatable bonds is 5. The fraction of sp³-hybridized carbons (Fsp3) is 0.300. The number of carbonyl (C=O) groups is 3. The normalized spacial score (nSPS) is 19.1. The quantitative estimate of drug-likeness (QED) is 0.741. The summed E-state index contributed by atoms with van der Waals surface area (Å²) in [5, 5.41) is 3.11. The summed E-state index contributed by atoms with van der Waals surface area (Å²) >= 11 is 12.5. The number of hydrogen-bond acceptors (Lipinski definition) is 4. The van der Waals surface area contributed by atoms with Crippen LogP contribution in [-0.2, 0) is 9.59 Å². The summed E-state index contributed by atoms with van der Waals surface area (Å²) in [5.74, 6) is -3.46. The Kier molecular flexibility index (Phi) is 6.10. The van der Waals surface area contributed by atoms with Gasteiger partial charge in [0.2, 0.25) is 0 Å². The highest BCUT2D eigenvalue weighted by Gasteiger charge is 2.43. The first-order valence-corrected chi connectivity index (χ1v) is 9.46. The minimum absolute atomic E-state index is 0.0534. The molecule has 2 unspecified atom stereocenters. The molecule has 1 N–H and O–H groups in total. The summed E-state index contributed by atoms with van der Waals surface area (Å²) in [5.41, 5.74) is 0.858. The molecule has 8 heteroatoms. The summed E-state index contributed by atoms with van der Waals surface area (Å²) in [6.45, 7) is 1.93. The number of aromatic nitrogens is 1. The van der Waals surface area contributed by atoms with Gasteiger partial charge in [-0.05, 0) is 43.2 Å². The fourth-order valence-electron chi connectivity index (χ4n) is 3.39. The highest BCUT2D eigenvalue weighted by Crippen LogP contribution is 2.40. The van der Waals surface area contributed by atoms with Crippen molar-refractivity contribution in [3.63, 3.8) is 0 Å². The summed E-state index contributed by atoms with van der Waals surface area (Å²) in [7, 11) is 0. The van der Waals surface area contributed by atoms with E-state index < -0.39 is 23.6 Å². The lowest BCUT2D eigenvalue weighted by Crippen LogP contribution is -2.28. The smallest absolute Gasteiger partial charge is 0.272 e. The first-order chi connectivity index (χ1) is 13.3. The van der Waals surface area contributed by atoms with E-state index in [4.69, 9.17) is 23.2 Å². The van der Waals surface area contributed by atoms with E-state index in [1.54, 1.807) is 12.1 Å². The van der Waals surface area contributed by atoms with Gasteiger partial charge in [-0.15, -0.1) is 0 Å². The molecule has 1 aromatic carbocycles. The van der Waals surface area contributed by atoms with Gasteiger partial charge in [0.15, 0.2) is 17.3 Å². The molecule has 5 nitrogen and oxygen atoms in total. The van der Waals surface area contributed by atoms with Crippen LogP contribution in [0.5, 0.6) is 0 Å². The lowest BCUT2D eigenvalue weighted by atomic mass is 9.92. The van der Waals surface area contributed by atoms with Crippen LogP contribution in [0.3, 0.4) is 0 Å². The van der Waals surface area contributed by atoms with Crippen LogP contribution in [-0.4, -0.2) is 29.0 Å². The van der Waals surface area contributed by atoms with Crippen molar-refractivity contribution >= 4 is 40.7 Å². The molecule has 1 fully saturated rings. The van der Waals surface area contributed by atoms with Crippen molar-refractivity contribution in [3.8, 4) is 0 Å². The van der Waals surface area contributed by atoms with Crippen molar-refractivity contribution in [2.75, 3.05) is 6.54 Å². The van der Waals surface area contributed by atoms with Gasteiger partial charge in [-0.2, -0.15) is 0 Å². The van der Waals surface area contributed by atoms with Gasteiger partial charge in [-0.3, -0.25) is 14.4 Å². The van der Waals surface area contributed by atoms with E-state index in [0.717, 1.165) is 11.6 Å². The summed E-state index contributed by atoms with van der Waals surface area (Å²) in [6, 6.07) is 5.85. The van der Waals surface area contributed by atoms with E-state index in [2.05, 4.69) is 10.3 Å². The molecular formula is C20H17Cl2FN2O3. The Balaban J connectivity index is 1.66. The van der Waals surface area contributed by atoms with Crippen LogP contribution in [0.2, 0.25) is 10.0 Å². The molecule has 1 heterocycles. The molecule has 0 radical (unpaired) electrons. The minimum atomic E-state index is -0.991. The predicted molar refractivity (Wildman–Crippen MR) is 103 cm³/mol.